The van der Waals surface area contributed by atoms with Crippen LogP contribution in [0.25, 0.3) is 0 Å². The predicted molar refractivity (Wildman–Crippen MR) is 82.8 cm³/mol. The summed E-state index contributed by atoms with van der Waals surface area (Å²) < 4.78 is 9.65. The van der Waals surface area contributed by atoms with E-state index in [1.807, 2.05) is 0 Å². The maximum Gasteiger partial charge on any atom is 0.325 e. The van der Waals surface area contributed by atoms with Gasteiger partial charge in [-0.15, -0.1) is 0 Å². The molecule has 0 saturated carbocycles. The van der Waals surface area contributed by atoms with E-state index in [0.717, 1.165) is 0 Å². The van der Waals surface area contributed by atoms with Crippen LogP contribution in [0.15, 0.2) is 41.0 Å². The van der Waals surface area contributed by atoms with Gasteiger partial charge in [0.1, 0.15) is 6.54 Å². The number of hydrogen-bond donors (Lipinski definition) is 1. The summed E-state index contributed by atoms with van der Waals surface area (Å²) in [4.78, 5) is 34.9. The monoisotopic (exact) mass is 355 g/mol. The van der Waals surface area contributed by atoms with Crippen molar-refractivity contribution in [2.45, 2.75) is 0 Å². The summed E-state index contributed by atoms with van der Waals surface area (Å²) in [5.41, 5.74) is 0.270. The van der Waals surface area contributed by atoms with Crippen molar-refractivity contribution in [3.8, 4) is 0 Å². The molecule has 8 heteroatoms. The summed E-state index contributed by atoms with van der Waals surface area (Å²) in [5, 5.41) is 2.86. The van der Waals surface area contributed by atoms with Crippen molar-refractivity contribution in [2.75, 3.05) is 13.2 Å². The number of carbonyl (C=O) groups is 3. The van der Waals surface area contributed by atoms with Crippen molar-refractivity contribution >= 4 is 40.9 Å². The van der Waals surface area contributed by atoms with Gasteiger partial charge in [-0.2, -0.15) is 0 Å². The van der Waals surface area contributed by atoms with E-state index in [4.69, 9.17) is 32.4 Å². The summed E-state index contributed by atoms with van der Waals surface area (Å²) >= 11 is 11.6. The minimum atomic E-state index is -0.752. The zero-order chi connectivity index (χ0) is 16.8. The molecule has 120 valence electrons. The standard InChI is InChI=1S/C15H11Cl2NO5/c16-10-4-3-9(6-11(10)17)12(19)8-23-14(20)7-18-15(21)13-2-1-5-22-13/h1-6H,7-8H2,(H,18,21). The molecule has 0 fully saturated rings. The van der Waals surface area contributed by atoms with Gasteiger partial charge in [-0.25, -0.2) is 0 Å². The molecule has 1 aromatic heterocycles. The number of amides is 1. The van der Waals surface area contributed by atoms with Crippen LogP contribution < -0.4 is 5.32 Å². The van der Waals surface area contributed by atoms with Crippen LogP contribution in [0.2, 0.25) is 10.0 Å². The lowest BCUT2D eigenvalue weighted by Crippen LogP contribution is -2.31. The Balaban J connectivity index is 1.78. The third kappa shape index (κ3) is 4.84. The topological polar surface area (TPSA) is 85.6 Å². The summed E-state index contributed by atoms with van der Waals surface area (Å²) in [5.74, 6) is -1.67. The molecular formula is C15H11Cl2NO5. The Morgan fingerprint density at radius 2 is 1.91 bits per heavy atom. The molecular weight excluding hydrogens is 345 g/mol. The molecule has 0 unspecified atom stereocenters. The lowest BCUT2D eigenvalue weighted by atomic mass is 10.1. The first kappa shape index (κ1) is 17.1. The molecule has 0 aliphatic carbocycles. The van der Waals surface area contributed by atoms with E-state index >= 15 is 0 Å². The number of benzene rings is 1. The third-order valence-electron chi connectivity index (χ3n) is 2.74. The van der Waals surface area contributed by atoms with Gasteiger partial charge in [0.05, 0.1) is 16.3 Å². The molecule has 0 aliphatic heterocycles. The quantitative estimate of drug-likeness (QED) is 0.635. The average molecular weight is 356 g/mol. The molecule has 0 radical (unpaired) electrons. The van der Waals surface area contributed by atoms with E-state index in [-0.39, 0.29) is 22.9 Å². The highest BCUT2D eigenvalue weighted by molar-refractivity contribution is 6.42. The highest BCUT2D eigenvalue weighted by Gasteiger charge is 2.14. The van der Waals surface area contributed by atoms with E-state index in [1.54, 1.807) is 6.07 Å². The smallest absolute Gasteiger partial charge is 0.325 e. The molecule has 2 rings (SSSR count). The van der Waals surface area contributed by atoms with Crippen LogP contribution in [0.1, 0.15) is 20.9 Å². The zero-order valence-corrected chi connectivity index (χ0v) is 13.2. The van der Waals surface area contributed by atoms with Crippen LogP contribution in [0.4, 0.5) is 0 Å². The molecule has 0 saturated heterocycles. The number of Topliss-reactive ketones (excluding diaryl/α,β-unsaturated/α-hetero) is 1. The molecule has 2 aromatic rings. The average Bonchev–Trinajstić information content (AvgIpc) is 3.07. The van der Waals surface area contributed by atoms with Crippen molar-refractivity contribution in [2.24, 2.45) is 0 Å². The van der Waals surface area contributed by atoms with Gasteiger partial charge in [0, 0.05) is 5.56 Å². The van der Waals surface area contributed by atoms with E-state index in [0.29, 0.717) is 5.02 Å². The summed E-state index contributed by atoms with van der Waals surface area (Å²) in [6.45, 7) is -0.846. The van der Waals surface area contributed by atoms with Crippen molar-refractivity contribution < 1.29 is 23.5 Å². The van der Waals surface area contributed by atoms with E-state index in [1.165, 1.54) is 30.5 Å². The molecule has 1 N–H and O–H groups in total. The lowest BCUT2D eigenvalue weighted by molar-refractivity contribution is -0.141. The molecule has 0 spiro atoms. The van der Waals surface area contributed by atoms with Crippen LogP contribution >= 0.6 is 23.2 Å². The number of ether oxygens (including phenoxy) is 1. The first-order chi connectivity index (χ1) is 11.0. The van der Waals surface area contributed by atoms with Crippen molar-refractivity contribution in [3.63, 3.8) is 0 Å². The van der Waals surface area contributed by atoms with Gasteiger partial charge in [0.25, 0.3) is 5.91 Å². The normalized spacial score (nSPS) is 10.2. The fourth-order valence-electron chi connectivity index (χ4n) is 1.60. The fraction of sp³-hybridized carbons (Fsp3) is 0.133. The Kier molecular flexibility index (Phi) is 5.78. The number of rotatable bonds is 6. The van der Waals surface area contributed by atoms with Crippen LogP contribution in [0.5, 0.6) is 0 Å². The molecule has 0 atom stereocenters. The van der Waals surface area contributed by atoms with E-state index < -0.39 is 24.3 Å². The summed E-state index contributed by atoms with van der Waals surface area (Å²) in [7, 11) is 0. The first-order valence-corrected chi connectivity index (χ1v) is 7.18. The van der Waals surface area contributed by atoms with Crippen molar-refractivity contribution in [1.29, 1.82) is 0 Å². The van der Waals surface area contributed by atoms with Gasteiger partial charge in [-0.1, -0.05) is 23.2 Å². The lowest BCUT2D eigenvalue weighted by Gasteiger charge is -2.06. The molecule has 23 heavy (non-hydrogen) atoms. The minimum Gasteiger partial charge on any atom is -0.459 e. The second-order valence-electron chi connectivity index (χ2n) is 4.37. The maximum absolute atomic E-state index is 11.9. The number of furan rings is 1. The largest absolute Gasteiger partial charge is 0.459 e. The van der Waals surface area contributed by atoms with Crippen molar-refractivity contribution in [3.05, 3.63) is 58.0 Å². The highest BCUT2D eigenvalue weighted by Crippen LogP contribution is 2.22. The number of carbonyl (C=O) groups excluding carboxylic acids is 3. The maximum atomic E-state index is 11.9. The van der Waals surface area contributed by atoms with Gasteiger partial charge in [0.2, 0.25) is 0 Å². The van der Waals surface area contributed by atoms with Gasteiger partial charge >= 0.3 is 5.97 Å². The van der Waals surface area contributed by atoms with Gasteiger partial charge < -0.3 is 14.5 Å². The number of ketones is 1. The zero-order valence-electron chi connectivity index (χ0n) is 11.7. The van der Waals surface area contributed by atoms with E-state index in [9.17, 15) is 14.4 Å². The van der Waals surface area contributed by atoms with Gasteiger partial charge in [-0.3, -0.25) is 14.4 Å². The Hall–Kier alpha value is -2.31. The number of nitrogens with one attached hydrogen (secondary N) is 1. The first-order valence-electron chi connectivity index (χ1n) is 6.43. The Labute approximate surface area is 141 Å². The second kappa shape index (κ2) is 7.80. The highest BCUT2D eigenvalue weighted by atomic mass is 35.5. The molecule has 1 heterocycles. The summed E-state index contributed by atoms with van der Waals surface area (Å²) in [6.07, 6.45) is 1.34. The fourth-order valence-corrected chi connectivity index (χ4v) is 1.90. The van der Waals surface area contributed by atoms with Gasteiger partial charge in [0.15, 0.2) is 18.2 Å². The van der Waals surface area contributed by atoms with E-state index in [2.05, 4.69) is 5.32 Å². The molecule has 0 bridgehead atoms. The SMILES string of the molecule is O=C(CNC(=O)c1ccco1)OCC(=O)c1ccc(Cl)c(Cl)c1. The third-order valence-corrected chi connectivity index (χ3v) is 3.48. The Bertz CT molecular complexity index is 727. The summed E-state index contributed by atoms with van der Waals surface area (Å²) in [6, 6.07) is 7.34. The second-order valence-corrected chi connectivity index (χ2v) is 5.19. The molecule has 0 aliphatic rings. The molecule has 1 aromatic carbocycles. The predicted octanol–water partition coefficient (Wildman–Crippen LogP) is 2.74. The number of halogens is 2. The van der Waals surface area contributed by atoms with Crippen LogP contribution in [0, 0.1) is 0 Å². The van der Waals surface area contributed by atoms with Crippen LogP contribution in [-0.2, 0) is 9.53 Å². The Morgan fingerprint density at radius 3 is 2.57 bits per heavy atom. The number of hydrogen-bond acceptors (Lipinski definition) is 5. The Morgan fingerprint density at radius 1 is 1.13 bits per heavy atom. The molecule has 1 amide bonds. The van der Waals surface area contributed by atoms with Crippen LogP contribution in [0.3, 0.4) is 0 Å². The molecule has 6 nitrogen and oxygen atoms in total. The minimum absolute atomic E-state index is 0.0738. The number of esters is 1. The van der Waals surface area contributed by atoms with Gasteiger partial charge in [-0.05, 0) is 30.3 Å². The van der Waals surface area contributed by atoms with Crippen molar-refractivity contribution in [1.82, 2.24) is 5.32 Å². The van der Waals surface area contributed by atoms with Crippen LogP contribution in [-0.4, -0.2) is 30.8 Å².